The quantitative estimate of drug-likeness (QED) is 0.728. The molecule has 2 rings (SSSR count). The van der Waals surface area contributed by atoms with Gasteiger partial charge in [-0.3, -0.25) is 4.98 Å². The molecule has 0 unspecified atom stereocenters. The molecule has 0 aromatic carbocycles. The average molecular weight is 204 g/mol. The summed E-state index contributed by atoms with van der Waals surface area (Å²) in [6, 6.07) is 1.83. The van der Waals surface area contributed by atoms with Gasteiger partial charge in [0.05, 0.1) is 24.3 Å². The lowest BCUT2D eigenvalue weighted by Crippen LogP contribution is -2.17. The van der Waals surface area contributed by atoms with Crippen molar-refractivity contribution in [2.45, 2.75) is 13.0 Å². The second-order valence-electron chi connectivity index (χ2n) is 3.19. The van der Waals surface area contributed by atoms with Crippen LogP contribution in [0.5, 0.6) is 0 Å². The van der Waals surface area contributed by atoms with Crippen LogP contribution in [0.1, 0.15) is 27.2 Å². The Balaban J connectivity index is 2.66. The summed E-state index contributed by atoms with van der Waals surface area (Å²) in [6.07, 6.45) is 1.91. The molecule has 1 aromatic heterocycles. The number of ether oxygens (including phenoxy) is 1. The minimum absolute atomic E-state index is 0.0298. The lowest BCUT2D eigenvalue weighted by molar-refractivity contribution is 0.0680. The maximum atomic E-state index is 11.0. The maximum Gasteiger partial charge on any atom is 0.337 e. The third-order valence-electron chi connectivity index (χ3n) is 2.33. The summed E-state index contributed by atoms with van der Waals surface area (Å²) in [6.45, 7) is 0.768. The number of nitrogens with zero attached hydrogens (tertiary/aromatic N) is 2. The molecule has 2 heterocycles. The molecule has 0 saturated heterocycles. The predicted molar refractivity (Wildman–Crippen MR) is 49.3 cm³/mol. The second-order valence-corrected chi connectivity index (χ2v) is 3.19. The van der Waals surface area contributed by atoms with E-state index in [1.165, 1.54) is 6.20 Å². The van der Waals surface area contributed by atoms with E-state index in [9.17, 15) is 4.79 Å². The molecule has 1 aliphatic rings. The van der Waals surface area contributed by atoms with E-state index < -0.39 is 5.97 Å². The van der Waals surface area contributed by atoms with Gasteiger partial charge in [-0.2, -0.15) is 5.26 Å². The van der Waals surface area contributed by atoms with E-state index in [-0.39, 0.29) is 17.7 Å². The number of fused-ring (bicyclic) bond motifs is 1. The van der Waals surface area contributed by atoms with Crippen molar-refractivity contribution in [2.75, 3.05) is 6.61 Å². The Morgan fingerprint density at radius 1 is 1.67 bits per heavy atom. The fourth-order valence-corrected chi connectivity index (χ4v) is 1.63. The van der Waals surface area contributed by atoms with Gasteiger partial charge >= 0.3 is 5.97 Å². The van der Waals surface area contributed by atoms with Gasteiger partial charge in [0.2, 0.25) is 0 Å². The third-order valence-corrected chi connectivity index (χ3v) is 2.33. The molecular weight excluding hydrogens is 196 g/mol. The number of aromatic carboxylic acids is 1. The Morgan fingerprint density at radius 3 is 3.13 bits per heavy atom. The highest BCUT2D eigenvalue weighted by molar-refractivity contribution is 5.92. The van der Waals surface area contributed by atoms with Crippen molar-refractivity contribution in [1.29, 1.82) is 5.26 Å². The Bertz CT molecular complexity index is 462. The number of pyridine rings is 1. The van der Waals surface area contributed by atoms with E-state index in [1.54, 1.807) is 0 Å². The van der Waals surface area contributed by atoms with E-state index >= 15 is 0 Å². The van der Waals surface area contributed by atoms with Crippen molar-refractivity contribution in [2.24, 2.45) is 0 Å². The van der Waals surface area contributed by atoms with Gasteiger partial charge < -0.3 is 9.84 Å². The Morgan fingerprint density at radius 2 is 2.47 bits per heavy atom. The van der Waals surface area contributed by atoms with Crippen molar-refractivity contribution in [3.05, 3.63) is 28.6 Å². The summed E-state index contributed by atoms with van der Waals surface area (Å²) >= 11 is 0. The number of carboxylic acid groups (broad SMARTS) is 1. The second kappa shape index (κ2) is 3.67. The average Bonchev–Trinajstić information content (AvgIpc) is 2.27. The summed E-state index contributed by atoms with van der Waals surface area (Å²) in [5.41, 5.74) is 1.37. The van der Waals surface area contributed by atoms with Crippen LogP contribution in [0.3, 0.4) is 0 Å². The first-order valence-electron chi connectivity index (χ1n) is 4.46. The molecule has 0 fully saturated rings. The largest absolute Gasteiger partial charge is 0.478 e. The molecule has 0 atom stereocenters. The maximum absolute atomic E-state index is 11.0. The van der Waals surface area contributed by atoms with Gasteiger partial charge in [0.15, 0.2) is 0 Å². The Hall–Kier alpha value is -1.93. The van der Waals surface area contributed by atoms with Crippen LogP contribution in [-0.4, -0.2) is 22.7 Å². The van der Waals surface area contributed by atoms with Crippen LogP contribution in [0, 0.1) is 11.3 Å². The number of carbonyl (C=O) groups is 1. The monoisotopic (exact) mass is 204 g/mol. The highest BCUT2D eigenvalue weighted by Crippen LogP contribution is 2.21. The van der Waals surface area contributed by atoms with Gasteiger partial charge in [-0.15, -0.1) is 0 Å². The number of aromatic nitrogens is 1. The van der Waals surface area contributed by atoms with Gasteiger partial charge in [-0.1, -0.05) is 0 Å². The minimum atomic E-state index is -1.10. The molecule has 0 saturated carbocycles. The zero-order chi connectivity index (χ0) is 10.8. The van der Waals surface area contributed by atoms with Gasteiger partial charge in [-0.25, -0.2) is 4.79 Å². The third kappa shape index (κ3) is 1.55. The molecule has 5 nitrogen and oxygen atoms in total. The van der Waals surface area contributed by atoms with Crippen molar-refractivity contribution < 1.29 is 14.6 Å². The van der Waals surface area contributed by atoms with Crippen molar-refractivity contribution in [3.63, 3.8) is 0 Å². The molecule has 0 radical (unpaired) electrons. The number of nitriles is 1. The summed E-state index contributed by atoms with van der Waals surface area (Å²) in [4.78, 5) is 15.1. The fourth-order valence-electron chi connectivity index (χ4n) is 1.63. The molecule has 1 N–H and O–H groups in total. The van der Waals surface area contributed by atoms with E-state index in [0.717, 1.165) is 5.69 Å². The van der Waals surface area contributed by atoms with Crippen LogP contribution < -0.4 is 0 Å². The molecule has 0 spiro atoms. The standard InChI is InChI=1S/C10H8N2O3/c11-3-6-4-12-8-1-2-15-5-7(8)9(6)10(13)14/h4H,1-2,5H2,(H,13,14). The lowest BCUT2D eigenvalue weighted by atomic mass is 9.99. The van der Waals surface area contributed by atoms with Crippen LogP contribution in [0.4, 0.5) is 0 Å². The number of rotatable bonds is 1. The Kier molecular flexibility index (Phi) is 2.35. The first-order valence-corrected chi connectivity index (χ1v) is 4.46. The molecule has 5 heteroatoms. The van der Waals surface area contributed by atoms with E-state index in [1.807, 2.05) is 6.07 Å². The predicted octanol–water partition coefficient (Wildman–Crippen LogP) is 0.724. The van der Waals surface area contributed by atoms with Gasteiger partial charge in [0, 0.05) is 23.9 Å². The van der Waals surface area contributed by atoms with Gasteiger partial charge in [0.1, 0.15) is 6.07 Å². The van der Waals surface area contributed by atoms with Gasteiger partial charge in [-0.05, 0) is 0 Å². The number of carboxylic acids is 1. The molecule has 15 heavy (non-hydrogen) atoms. The first-order chi connectivity index (χ1) is 7.24. The van der Waals surface area contributed by atoms with Crippen LogP contribution in [0.15, 0.2) is 6.20 Å². The lowest BCUT2D eigenvalue weighted by Gasteiger charge is -2.17. The SMILES string of the molecule is N#Cc1cnc2c(c1C(=O)O)COCC2. The van der Waals surface area contributed by atoms with E-state index in [0.29, 0.717) is 18.6 Å². The molecule has 1 aromatic rings. The molecule has 76 valence electrons. The number of hydrogen-bond donors (Lipinski definition) is 1. The summed E-state index contributed by atoms with van der Waals surface area (Å²) in [5.74, 6) is -1.10. The van der Waals surface area contributed by atoms with Crippen LogP contribution in [0.2, 0.25) is 0 Å². The summed E-state index contributed by atoms with van der Waals surface area (Å²) in [5, 5.41) is 17.8. The summed E-state index contributed by atoms with van der Waals surface area (Å²) < 4.78 is 5.17. The zero-order valence-electron chi connectivity index (χ0n) is 7.86. The van der Waals surface area contributed by atoms with Crippen LogP contribution >= 0.6 is 0 Å². The van der Waals surface area contributed by atoms with Crippen LogP contribution in [-0.2, 0) is 17.8 Å². The molecule has 0 bridgehead atoms. The van der Waals surface area contributed by atoms with Crippen molar-refractivity contribution in [1.82, 2.24) is 4.98 Å². The van der Waals surface area contributed by atoms with Crippen LogP contribution in [0.25, 0.3) is 0 Å². The smallest absolute Gasteiger partial charge is 0.337 e. The molecule has 0 aliphatic carbocycles. The zero-order valence-corrected chi connectivity index (χ0v) is 7.86. The summed E-state index contributed by atoms with van der Waals surface area (Å²) in [7, 11) is 0. The first kappa shape index (κ1) is 9.62. The fraction of sp³-hybridized carbons (Fsp3) is 0.300. The van der Waals surface area contributed by atoms with E-state index in [2.05, 4.69) is 4.98 Å². The highest BCUT2D eigenvalue weighted by Gasteiger charge is 2.22. The van der Waals surface area contributed by atoms with E-state index in [4.69, 9.17) is 15.1 Å². The van der Waals surface area contributed by atoms with Crippen molar-refractivity contribution in [3.8, 4) is 6.07 Å². The topological polar surface area (TPSA) is 83.2 Å². The van der Waals surface area contributed by atoms with Gasteiger partial charge in [0.25, 0.3) is 0 Å². The highest BCUT2D eigenvalue weighted by atomic mass is 16.5. The molecule has 0 amide bonds. The minimum Gasteiger partial charge on any atom is -0.478 e. The molecule has 1 aliphatic heterocycles. The van der Waals surface area contributed by atoms with Crippen molar-refractivity contribution >= 4 is 5.97 Å². The molecular formula is C10H8N2O3. The Labute approximate surface area is 85.9 Å². The normalized spacial score (nSPS) is 14.1. The number of hydrogen-bond acceptors (Lipinski definition) is 4.